The normalized spacial score (nSPS) is 14.9. The summed E-state index contributed by atoms with van der Waals surface area (Å²) in [5.74, 6) is 0. The average molecular weight is 571 g/mol. The summed E-state index contributed by atoms with van der Waals surface area (Å²) in [6.45, 7) is 22.0. The van der Waals surface area contributed by atoms with Crippen molar-refractivity contribution in [3.8, 4) is 22.3 Å². The van der Waals surface area contributed by atoms with Gasteiger partial charge in [-0.1, -0.05) is 138 Å². The molecule has 0 aromatic heterocycles. The fraction of sp³-hybridized carbons (Fsp3) is 0.227. The third kappa shape index (κ3) is 4.34. The monoisotopic (exact) mass is 570 g/mol. The highest BCUT2D eigenvalue weighted by Crippen LogP contribution is 2.50. The predicted octanol–water partition coefficient (Wildman–Crippen LogP) is 11.4. The fourth-order valence-corrected chi connectivity index (χ4v) is 7.83. The van der Waals surface area contributed by atoms with Crippen molar-refractivity contribution in [2.75, 3.05) is 0 Å². The van der Waals surface area contributed by atoms with E-state index in [4.69, 9.17) is 0 Å². The van der Waals surface area contributed by atoms with Crippen LogP contribution in [0.1, 0.15) is 94.5 Å². The minimum Gasteiger partial charge on any atom is -0.0985 e. The zero-order chi connectivity index (χ0) is 31.0. The van der Waals surface area contributed by atoms with Crippen molar-refractivity contribution in [2.24, 2.45) is 0 Å². The van der Waals surface area contributed by atoms with Gasteiger partial charge < -0.3 is 0 Å². The first-order chi connectivity index (χ1) is 21.0. The third-order valence-electron chi connectivity index (χ3n) is 10.6. The molecule has 0 spiro atoms. The van der Waals surface area contributed by atoms with E-state index in [0.29, 0.717) is 0 Å². The Labute approximate surface area is 263 Å². The van der Waals surface area contributed by atoms with Crippen LogP contribution >= 0.6 is 0 Å². The molecule has 0 fully saturated rings. The lowest BCUT2D eigenvalue weighted by atomic mass is 9.81. The van der Waals surface area contributed by atoms with Gasteiger partial charge in [-0.15, -0.1) is 0 Å². The van der Waals surface area contributed by atoms with Crippen LogP contribution in [0.3, 0.4) is 0 Å². The van der Waals surface area contributed by atoms with E-state index in [2.05, 4.69) is 140 Å². The summed E-state index contributed by atoms with van der Waals surface area (Å²) in [5.41, 5.74) is 21.8. The largest absolute Gasteiger partial charge is 0.0985 e. The van der Waals surface area contributed by atoms with Crippen LogP contribution in [-0.2, 0) is 23.7 Å². The van der Waals surface area contributed by atoms with Crippen LogP contribution in [0.5, 0.6) is 0 Å². The minimum atomic E-state index is -0.0196. The van der Waals surface area contributed by atoms with Crippen molar-refractivity contribution in [3.63, 3.8) is 0 Å². The highest BCUT2D eigenvalue weighted by molar-refractivity contribution is 5.83. The van der Waals surface area contributed by atoms with Gasteiger partial charge in [-0.2, -0.15) is 0 Å². The molecule has 7 rings (SSSR count). The van der Waals surface area contributed by atoms with E-state index < -0.39 is 0 Å². The molecule has 0 bridgehead atoms. The second-order valence-corrected chi connectivity index (χ2v) is 14.1. The van der Waals surface area contributed by atoms with Gasteiger partial charge in [0.05, 0.1) is 0 Å². The van der Waals surface area contributed by atoms with Crippen molar-refractivity contribution in [1.82, 2.24) is 0 Å². The Morgan fingerprint density at radius 2 is 0.818 bits per heavy atom. The molecule has 218 valence electrons. The molecule has 0 aliphatic heterocycles. The number of hydrogen-bond acceptors (Lipinski definition) is 0. The van der Waals surface area contributed by atoms with Gasteiger partial charge in [0.15, 0.2) is 0 Å². The Bertz CT molecular complexity index is 1860. The fourth-order valence-electron chi connectivity index (χ4n) is 7.83. The number of rotatable bonds is 6. The SMILES string of the molecule is C=Cc1ccc2c(c1)C(C)(C)c1cc(Cc3cc(C)c(Cc4ccc5c(c4)C(C)(C)c4cc(C=C)ccc4-5)cc3C)ccc1-2. The molecule has 0 N–H and O–H groups in total. The van der Waals surface area contributed by atoms with Crippen molar-refractivity contribution in [1.29, 1.82) is 0 Å². The van der Waals surface area contributed by atoms with Crippen molar-refractivity contribution < 1.29 is 0 Å². The van der Waals surface area contributed by atoms with Crippen LogP contribution in [0, 0.1) is 13.8 Å². The van der Waals surface area contributed by atoms with E-state index >= 15 is 0 Å². The number of hydrogen-bond donors (Lipinski definition) is 0. The second-order valence-electron chi connectivity index (χ2n) is 14.1. The Morgan fingerprint density at radius 3 is 1.18 bits per heavy atom. The van der Waals surface area contributed by atoms with E-state index in [-0.39, 0.29) is 10.8 Å². The molecule has 44 heavy (non-hydrogen) atoms. The zero-order valence-electron chi connectivity index (χ0n) is 27.1. The molecule has 0 radical (unpaired) electrons. The van der Waals surface area contributed by atoms with Gasteiger partial charge >= 0.3 is 0 Å². The molecule has 0 saturated heterocycles. The van der Waals surface area contributed by atoms with Gasteiger partial charge in [-0.3, -0.25) is 0 Å². The molecule has 5 aromatic carbocycles. The Balaban J connectivity index is 1.15. The molecule has 0 atom stereocenters. The highest BCUT2D eigenvalue weighted by atomic mass is 14.4. The molecular weight excluding hydrogens is 528 g/mol. The third-order valence-corrected chi connectivity index (χ3v) is 10.6. The van der Waals surface area contributed by atoms with Crippen LogP contribution in [-0.4, -0.2) is 0 Å². The summed E-state index contributed by atoms with van der Waals surface area (Å²) in [4.78, 5) is 0. The first-order valence-corrected chi connectivity index (χ1v) is 15.9. The average Bonchev–Trinajstić information content (AvgIpc) is 3.37. The Morgan fingerprint density at radius 1 is 0.477 bits per heavy atom. The summed E-state index contributed by atoms with van der Waals surface area (Å²) in [7, 11) is 0. The summed E-state index contributed by atoms with van der Waals surface area (Å²) < 4.78 is 0. The van der Waals surface area contributed by atoms with E-state index in [1.165, 1.54) is 89.0 Å². The zero-order valence-corrected chi connectivity index (χ0v) is 27.1. The number of aryl methyl sites for hydroxylation is 2. The summed E-state index contributed by atoms with van der Waals surface area (Å²) >= 11 is 0. The van der Waals surface area contributed by atoms with Crippen LogP contribution in [0.4, 0.5) is 0 Å². The van der Waals surface area contributed by atoms with Gasteiger partial charge in [0.1, 0.15) is 0 Å². The summed E-state index contributed by atoms with van der Waals surface area (Å²) in [6, 6.07) is 32.6. The van der Waals surface area contributed by atoms with Crippen LogP contribution in [0.2, 0.25) is 0 Å². The maximum Gasteiger partial charge on any atom is 0.0159 e. The maximum atomic E-state index is 3.99. The molecule has 0 heteroatoms. The van der Waals surface area contributed by atoms with E-state index in [1.807, 2.05) is 12.2 Å². The molecular formula is C44H42. The molecule has 0 heterocycles. The van der Waals surface area contributed by atoms with Crippen molar-refractivity contribution in [3.05, 3.63) is 165 Å². The number of benzene rings is 5. The smallest absolute Gasteiger partial charge is 0.0159 e. The Kier molecular flexibility index (Phi) is 6.49. The summed E-state index contributed by atoms with van der Waals surface area (Å²) in [5, 5.41) is 0. The number of fused-ring (bicyclic) bond motifs is 6. The molecule has 0 saturated carbocycles. The molecule has 0 nitrogen and oxygen atoms in total. The maximum absolute atomic E-state index is 3.99. The lowest BCUT2D eigenvalue weighted by Crippen LogP contribution is -2.15. The van der Waals surface area contributed by atoms with E-state index in [9.17, 15) is 0 Å². The molecule has 2 aliphatic rings. The summed E-state index contributed by atoms with van der Waals surface area (Å²) in [6.07, 6.45) is 5.79. The van der Waals surface area contributed by atoms with E-state index in [0.717, 1.165) is 12.8 Å². The Hall–Kier alpha value is -4.42. The van der Waals surface area contributed by atoms with Gasteiger partial charge in [0.25, 0.3) is 0 Å². The predicted molar refractivity (Wildman–Crippen MR) is 190 cm³/mol. The first-order valence-electron chi connectivity index (χ1n) is 15.9. The lowest BCUT2D eigenvalue weighted by Gasteiger charge is -2.23. The van der Waals surface area contributed by atoms with Crippen molar-refractivity contribution in [2.45, 2.75) is 65.2 Å². The quantitative estimate of drug-likeness (QED) is 0.190. The molecule has 0 amide bonds. The second kappa shape index (κ2) is 10.1. The lowest BCUT2D eigenvalue weighted by molar-refractivity contribution is 0.659. The van der Waals surface area contributed by atoms with Crippen LogP contribution in [0.15, 0.2) is 98.1 Å². The van der Waals surface area contributed by atoms with Crippen LogP contribution in [0.25, 0.3) is 34.4 Å². The molecule has 0 unspecified atom stereocenters. The van der Waals surface area contributed by atoms with E-state index in [1.54, 1.807) is 0 Å². The van der Waals surface area contributed by atoms with Gasteiger partial charge in [-0.25, -0.2) is 0 Å². The molecule has 5 aromatic rings. The standard InChI is InChI=1S/C44H42/c1-9-29-11-15-35-37-17-13-31(25-41(37)43(5,6)39(35)23-29)21-33-19-28(4)34(20-27(33)3)22-32-14-18-38-36-16-12-30(10-2)24-40(36)44(7,8)42(38)26-32/h9-20,23-26H,1-2,21-22H2,3-8H3. The van der Waals surface area contributed by atoms with Crippen LogP contribution < -0.4 is 0 Å². The topological polar surface area (TPSA) is 0 Å². The van der Waals surface area contributed by atoms with Gasteiger partial charge in [0.2, 0.25) is 0 Å². The van der Waals surface area contributed by atoms with Gasteiger partial charge in [-0.05, 0) is 116 Å². The van der Waals surface area contributed by atoms with Crippen molar-refractivity contribution >= 4 is 12.2 Å². The first kappa shape index (κ1) is 28.4. The molecule has 2 aliphatic carbocycles. The minimum absolute atomic E-state index is 0.0196. The van der Waals surface area contributed by atoms with Gasteiger partial charge in [0, 0.05) is 10.8 Å². The highest BCUT2D eigenvalue weighted by Gasteiger charge is 2.36.